The molecule has 2 heterocycles. The van der Waals surface area contributed by atoms with Gasteiger partial charge in [0.25, 0.3) is 0 Å². The molecule has 0 spiro atoms. The maximum Gasteiger partial charge on any atom is 0.416 e. The van der Waals surface area contributed by atoms with Crippen LogP contribution in [0.1, 0.15) is 59.5 Å². The summed E-state index contributed by atoms with van der Waals surface area (Å²) in [5.74, 6) is -0.537. The molecule has 1 saturated heterocycles. The minimum Gasteiger partial charge on any atom is -0.487 e. The van der Waals surface area contributed by atoms with Crippen LogP contribution < -0.4 is 4.74 Å². The fourth-order valence-corrected chi connectivity index (χ4v) is 4.63. The predicted molar refractivity (Wildman–Crippen MR) is 112 cm³/mol. The summed E-state index contributed by atoms with van der Waals surface area (Å²) in [7, 11) is 0. The number of carboxylic acids is 1. The third-order valence-corrected chi connectivity index (χ3v) is 6.42. The van der Waals surface area contributed by atoms with Gasteiger partial charge in [0, 0.05) is 25.8 Å². The van der Waals surface area contributed by atoms with Crippen LogP contribution >= 0.6 is 0 Å². The molecule has 1 saturated carbocycles. The summed E-state index contributed by atoms with van der Waals surface area (Å²) < 4.78 is 46.7. The molecule has 1 aromatic carbocycles. The average Bonchev–Trinajstić information content (AvgIpc) is 3.23. The normalized spacial score (nSPS) is 18.0. The first-order valence-electron chi connectivity index (χ1n) is 10.9. The van der Waals surface area contributed by atoms with Crippen molar-refractivity contribution in [2.75, 3.05) is 13.1 Å². The molecule has 2 fully saturated rings. The second-order valence-electron chi connectivity index (χ2n) is 8.86. The zero-order valence-corrected chi connectivity index (χ0v) is 18.0. The number of aryl methyl sites for hydroxylation is 1. The highest BCUT2D eigenvalue weighted by atomic mass is 19.4. The van der Waals surface area contributed by atoms with Gasteiger partial charge in [-0.3, -0.25) is 14.7 Å². The van der Waals surface area contributed by atoms with Crippen molar-refractivity contribution in [1.29, 1.82) is 0 Å². The first kappa shape index (κ1) is 22.6. The van der Waals surface area contributed by atoms with Crippen LogP contribution in [0, 0.1) is 12.8 Å². The molecular weight excluding hydrogens is 421 g/mol. The van der Waals surface area contributed by atoms with Crippen LogP contribution in [0.25, 0.3) is 0 Å². The number of pyridine rings is 1. The van der Waals surface area contributed by atoms with E-state index in [2.05, 4.69) is 9.88 Å². The molecule has 0 unspecified atom stereocenters. The van der Waals surface area contributed by atoms with Gasteiger partial charge in [0.2, 0.25) is 0 Å². The Morgan fingerprint density at radius 1 is 1.22 bits per heavy atom. The lowest BCUT2D eigenvalue weighted by Crippen LogP contribution is -2.49. The van der Waals surface area contributed by atoms with Crippen LogP contribution in [0.5, 0.6) is 5.75 Å². The summed E-state index contributed by atoms with van der Waals surface area (Å²) in [4.78, 5) is 17.2. The van der Waals surface area contributed by atoms with Crippen molar-refractivity contribution >= 4 is 5.97 Å². The van der Waals surface area contributed by atoms with E-state index in [0.717, 1.165) is 42.9 Å². The van der Waals surface area contributed by atoms with Crippen LogP contribution in [-0.4, -0.2) is 34.0 Å². The third kappa shape index (κ3) is 5.06. The van der Waals surface area contributed by atoms with Gasteiger partial charge in [0.1, 0.15) is 12.4 Å². The van der Waals surface area contributed by atoms with Crippen molar-refractivity contribution in [2.45, 2.75) is 57.9 Å². The molecule has 0 amide bonds. The van der Waals surface area contributed by atoms with Crippen LogP contribution in [0.3, 0.4) is 0 Å². The summed E-state index contributed by atoms with van der Waals surface area (Å²) in [6, 6.07) is 6.78. The van der Waals surface area contributed by atoms with Gasteiger partial charge in [0.05, 0.1) is 17.2 Å². The molecule has 2 aromatic rings. The quantitative estimate of drug-likeness (QED) is 0.634. The number of hydrogen-bond donors (Lipinski definition) is 1. The topological polar surface area (TPSA) is 62.7 Å². The fraction of sp³-hybridized carbons (Fsp3) is 0.500. The number of rotatable bonds is 7. The van der Waals surface area contributed by atoms with Gasteiger partial charge in [-0.2, -0.15) is 13.2 Å². The van der Waals surface area contributed by atoms with E-state index in [1.54, 1.807) is 6.07 Å². The van der Waals surface area contributed by atoms with Crippen molar-refractivity contribution in [2.24, 2.45) is 5.92 Å². The number of likely N-dealkylation sites (tertiary alicyclic amines) is 1. The number of aliphatic carboxylic acids is 1. The minimum absolute atomic E-state index is 0.0410. The first-order valence-corrected chi connectivity index (χ1v) is 10.9. The highest BCUT2D eigenvalue weighted by Crippen LogP contribution is 2.41. The summed E-state index contributed by atoms with van der Waals surface area (Å²) in [5.41, 5.74) is 1.87. The number of hydrogen-bond acceptors (Lipinski definition) is 4. The number of aromatic nitrogens is 1. The number of ether oxygens (including phenoxy) is 1. The van der Waals surface area contributed by atoms with Crippen LogP contribution in [0.4, 0.5) is 13.2 Å². The zero-order chi connectivity index (χ0) is 22.9. The Morgan fingerprint density at radius 2 is 1.94 bits per heavy atom. The molecule has 32 heavy (non-hydrogen) atoms. The molecule has 1 N–H and O–H groups in total. The number of carbonyl (C=O) groups is 1. The molecule has 1 aromatic heterocycles. The molecule has 0 atom stereocenters. The number of halogens is 3. The lowest BCUT2D eigenvalue weighted by atomic mass is 9.94. The Bertz CT molecular complexity index is 981. The van der Waals surface area contributed by atoms with Crippen LogP contribution in [0.15, 0.2) is 30.5 Å². The largest absolute Gasteiger partial charge is 0.487 e. The molecule has 0 radical (unpaired) electrons. The van der Waals surface area contributed by atoms with Gasteiger partial charge in [-0.15, -0.1) is 0 Å². The van der Waals surface area contributed by atoms with Crippen molar-refractivity contribution in [3.8, 4) is 5.75 Å². The Kier molecular flexibility index (Phi) is 6.42. The smallest absolute Gasteiger partial charge is 0.416 e. The maximum absolute atomic E-state index is 13.7. The lowest BCUT2D eigenvalue weighted by Gasteiger charge is -2.36. The van der Waals surface area contributed by atoms with Crippen molar-refractivity contribution in [1.82, 2.24) is 9.88 Å². The zero-order valence-electron chi connectivity index (χ0n) is 18.0. The van der Waals surface area contributed by atoms with Gasteiger partial charge in [-0.05, 0) is 54.5 Å². The summed E-state index contributed by atoms with van der Waals surface area (Å²) in [6.07, 6.45) is 0.440. The van der Waals surface area contributed by atoms with E-state index in [9.17, 15) is 18.0 Å². The first-order chi connectivity index (χ1) is 15.2. The van der Waals surface area contributed by atoms with Crippen LogP contribution in [-0.2, 0) is 24.1 Å². The molecule has 5 nitrogen and oxygen atoms in total. The molecule has 1 aliphatic carbocycles. The molecule has 4 rings (SSSR count). The molecule has 1 aliphatic heterocycles. The van der Waals surface area contributed by atoms with E-state index in [1.807, 2.05) is 19.1 Å². The minimum atomic E-state index is -4.41. The number of nitrogens with zero attached hydrogens (tertiary/aromatic N) is 2. The summed E-state index contributed by atoms with van der Waals surface area (Å²) >= 11 is 0. The standard InChI is InChI=1S/C24H27F3N2O3/c1-15-8-16(11-29-12-18(13-29)23(30)31)6-7-22(15)32-14-19-9-21(24(25,26)27)20(10-28-19)17-4-2-3-5-17/h6-10,17-18H,2-5,11-14H2,1H3,(H,30,31). The Labute approximate surface area is 185 Å². The maximum atomic E-state index is 13.7. The Hall–Kier alpha value is -2.61. The highest BCUT2D eigenvalue weighted by Gasteiger charge is 2.36. The summed E-state index contributed by atoms with van der Waals surface area (Å²) in [6.45, 7) is 3.57. The Balaban J connectivity index is 1.40. The lowest BCUT2D eigenvalue weighted by molar-refractivity contribution is -0.147. The fourth-order valence-electron chi connectivity index (χ4n) is 4.63. The second-order valence-corrected chi connectivity index (χ2v) is 8.86. The van der Waals surface area contributed by atoms with E-state index in [4.69, 9.17) is 9.84 Å². The molecule has 172 valence electrons. The molecular formula is C24H27F3N2O3. The monoisotopic (exact) mass is 448 g/mol. The van der Waals surface area contributed by atoms with Crippen molar-refractivity contribution < 1.29 is 27.8 Å². The van der Waals surface area contributed by atoms with E-state index < -0.39 is 17.7 Å². The van der Waals surface area contributed by atoms with Gasteiger partial charge in [-0.1, -0.05) is 25.0 Å². The van der Waals surface area contributed by atoms with E-state index in [1.165, 1.54) is 6.20 Å². The van der Waals surface area contributed by atoms with Gasteiger partial charge < -0.3 is 9.84 Å². The predicted octanol–water partition coefficient (Wildman–Crippen LogP) is 5.16. The number of carboxylic acid groups (broad SMARTS) is 1. The van der Waals surface area contributed by atoms with E-state index >= 15 is 0 Å². The van der Waals surface area contributed by atoms with Crippen molar-refractivity contribution in [3.05, 3.63) is 58.4 Å². The van der Waals surface area contributed by atoms with Gasteiger partial charge in [-0.25, -0.2) is 0 Å². The molecule has 0 bridgehead atoms. The average molecular weight is 448 g/mol. The number of benzene rings is 1. The SMILES string of the molecule is Cc1cc(CN2CC(C(=O)O)C2)ccc1OCc1cc(C(F)(F)F)c(C2CCCC2)cn1. The molecule has 8 heteroatoms. The molecule has 2 aliphatic rings. The van der Waals surface area contributed by atoms with Crippen molar-refractivity contribution in [3.63, 3.8) is 0 Å². The van der Waals surface area contributed by atoms with Crippen LogP contribution in [0.2, 0.25) is 0 Å². The van der Waals surface area contributed by atoms with Gasteiger partial charge in [0.15, 0.2) is 0 Å². The second kappa shape index (κ2) is 9.10. The Morgan fingerprint density at radius 3 is 2.56 bits per heavy atom. The van der Waals surface area contributed by atoms with E-state index in [-0.39, 0.29) is 24.1 Å². The summed E-state index contributed by atoms with van der Waals surface area (Å²) in [5, 5.41) is 8.97. The highest BCUT2D eigenvalue weighted by molar-refractivity contribution is 5.71. The third-order valence-electron chi connectivity index (χ3n) is 6.42. The van der Waals surface area contributed by atoms with E-state index in [0.29, 0.717) is 30.9 Å². The number of alkyl halides is 3. The van der Waals surface area contributed by atoms with Gasteiger partial charge >= 0.3 is 12.1 Å².